The first kappa shape index (κ1) is 12.6. The Labute approximate surface area is 122 Å². The molecule has 0 spiro atoms. The van der Waals surface area contributed by atoms with Gasteiger partial charge in [0, 0.05) is 19.5 Å². The fourth-order valence-corrected chi connectivity index (χ4v) is 2.75. The molecule has 108 valence electrons. The molecule has 3 heterocycles. The first-order chi connectivity index (χ1) is 10.2. The third-order valence-electron chi connectivity index (χ3n) is 3.85. The smallest absolute Gasteiger partial charge is 0.204 e. The van der Waals surface area contributed by atoms with E-state index in [9.17, 15) is 0 Å². The zero-order chi connectivity index (χ0) is 14.4. The van der Waals surface area contributed by atoms with Crippen molar-refractivity contribution in [1.82, 2.24) is 14.9 Å². The normalized spacial score (nSPS) is 15.5. The average Bonchev–Trinajstić information content (AvgIpc) is 3.00. The Morgan fingerprint density at radius 1 is 1.19 bits per heavy atom. The van der Waals surface area contributed by atoms with Crippen LogP contribution in [0.4, 0.5) is 0 Å². The molecule has 0 radical (unpaired) electrons. The molecule has 0 atom stereocenters. The van der Waals surface area contributed by atoms with Gasteiger partial charge >= 0.3 is 0 Å². The SMILES string of the molecule is Cc1ccc2oc(Cc3nc4c(o3)CCN(C)C4)nc2c1. The number of nitrogens with zero attached hydrogens (tertiary/aromatic N) is 3. The maximum absolute atomic E-state index is 5.84. The molecule has 4 rings (SSSR count). The lowest BCUT2D eigenvalue weighted by molar-refractivity contribution is 0.290. The van der Waals surface area contributed by atoms with Gasteiger partial charge in [0.1, 0.15) is 17.7 Å². The zero-order valence-electron chi connectivity index (χ0n) is 12.2. The highest BCUT2D eigenvalue weighted by atomic mass is 16.4. The van der Waals surface area contributed by atoms with Crippen LogP contribution < -0.4 is 0 Å². The van der Waals surface area contributed by atoms with E-state index in [2.05, 4.69) is 21.9 Å². The summed E-state index contributed by atoms with van der Waals surface area (Å²) in [6.07, 6.45) is 1.43. The van der Waals surface area contributed by atoms with Crippen molar-refractivity contribution in [2.24, 2.45) is 0 Å². The second-order valence-corrected chi connectivity index (χ2v) is 5.72. The second kappa shape index (κ2) is 4.70. The largest absolute Gasteiger partial charge is 0.445 e. The monoisotopic (exact) mass is 283 g/mol. The minimum absolute atomic E-state index is 0.504. The Kier molecular flexibility index (Phi) is 2.82. The van der Waals surface area contributed by atoms with E-state index in [4.69, 9.17) is 8.83 Å². The number of oxazole rings is 2. The topological polar surface area (TPSA) is 55.3 Å². The highest BCUT2D eigenvalue weighted by Gasteiger charge is 2.21. The minimum Gasteiger partial charge on any atom is -0.445 e. The maximum atomic E-state index is 5.84. The summed E-state index contributed by atoms with van der Waals surface area (Å²) in [5, 5.41) is 0. The van der Waals surface area contributed by atoms with Crippen LogP contribution >= 0.6 is 0 Å². The molecular weight excluding hydrogens is 266 g/mol. The Morgan fingerprint density at radius 3 is 2.95 bits per heavy atom. The van der Waals surface area contributed by atoms with Gasteiger partial charge in [0.15, 0.2) is 5.58 Å². The molecule has 0 N–H and O–H groups in total. The summed E-state index contributed by atoms with van der Waals surface area (Å²) >= 11 is 0. The molecule has 1 aliphatic heterocycles. The van der Waals surface area contributed by atoms with E-state index in [1.54, 1.807) is 0 Å². The van der Waals surface area contributed by atoms with Crippen LogP contribution in [0.1, 0.15) is 28.8 Å². The van der Waals surface area contributed by atoms with Gasteiger partial charge in [-0.1, -0.05) is 6.07 Å². The number of hydrogen-bond donors (Lipinski definition) is 0. The van der Waals surface area contributed by atoms with Crippen molar-refractivity contribution in [2.45, 2.75) is 26.3 Å². The third kappa shape index (κ3) is 2.34. The van der Waals surface area contributed by atoms with E-state index in [1.165, 1.54) is 5.56 Å². The molecule has 0 amide bonds. The van der Waals surface area contributed by atoms with E-state index in [0.717, 1.165) is 42.1 Å². The zero-order valence-corrected chi connectivity index (χ0v) is 12.2. The van der Waals surface area contributed by atoms with Crippen LogP contribution in [0.25, 0.3) is 11.1 Å². The molecular formula is C16H17N3O2. The molecule has 3 aromatic rings. The van der Waals surface area contributed by atoms with Gasteiger partial charge < -0.3 is 8.83 Å². The molecule has 5 nitrogen and oxygen atoms in total. The molecule has 0 saturated carbocycles. The second-order valence-electron chi connectivity index (χ2n) is 5.72. The third-order valence-corrected chi connectivity index (χ3v) is 3.85. The van der Waals surface area contributed by atoms with E-state index >= 15 is 0 Å². The lowest BCUT2D eigenvalue weighted by Crippen LogP contribution is -2.25. The molecule has 1 aromatic carbocycles. The van der Waals surface area contributed by atoms with Gasteiger partial charge in [-0.05, 0) is 31.7 Å². The quantitative estimate of drug-likeness (QED) is 0.723. The first-order valence-corrected chi connectivity index (χ1v) is 7.19. The molecule has 0 fully saturated rings. The van der Waals surface area contributed by atoms with Gasteiger partial charge in [-0.15, -0.1) is 0 Å². The molecule has 0 aliphatic carbocycles. The predicted molar refractivity (Wildman–Crippen MR) is 78.1 cm³/mol. The summed E-state index contributed by atoms with van der Waals surface area (Å²) in [4.78, 5) is 11.3. The highest BCUT2D eigenvalue weighted by molar-refractivity contribution is 5.73. The van der Waals surface area contributed by atoms with Crippen LogP contribution in [0, 0.1) is 6.92 Å². The van der Waals surface area contributed by atoms with Gasteiger partial charge in [0.05, 0.1) is 5.69 Å². The Bertz CT molecular complexity index is 803. The predicted octanol–water partition coefficient (Wildman–Crippen LogP) is 2.70. The molecule has 0 unspecified atom stereocenters. The summed E-state index contributed by atoms with van der Waals surface area (Å²) in [5.74, 6) is 2.36. The molecule has 0 bridgehead atoms. The lowest BCUT2D eigenvalue weighted by Gasteiger charge is -2.19. The average molecular weight is 283 g/mol. The van der Waals surface area contributed by atoms with Crippen LogP contribution in [0.2, 0.25) is 0 Å². The minimum atomic E-state index is 0.504. The van der Waals surface area contributed by atoms with Crippen LogP contribution in [0.3, 0.4) is 0 Å². The fourth-order valence-electron chi connectivity index (χ4n) is 2.75. The number of aryl methyl sites for hydroxylation is 1. The number of rotatable bonds is 2. The number of fused-ring (bicyclic) bond motifs is 2. The van der Waals surface area contributed by atoms with E-state index in [0.29, 0.717) is 18.2 Å². The van der Waals surface area contributed by atoms with Gasteiger partial charge in [-0.25, -0.2) is 9.97 Å². The van der Waals surface area contributed by atoms with Crippen LogP contribution in [0.15, 0.2) is 27.0 Å². The maximum Gasteiger partial charge on any atom is 0.204 e. The number of aromatic nitrogens is 2. The molecule has 1 aliphatic rings. The summed E-state index contributed by atoms with van der Waals surface area (Å²) in [6, 6.07) is 6.01. The number of hydrogen-bond acceptors (Lipinski definition) is 5. The Morgan fingerprint density at radius 2 is 2.05 bits per heavy atom. The van der Waals surface area contributed by atoms with Gasteiger partial charge in [-0.3, -0.25) is 4.90 Å². The Hall–Kier alpha value is -2.14. The summed E-state index contributed by atoms with van der Waals surface area (Å²) in [7, 11) is 2.10. The highest BCUT2D eigenvalue weighted by Crippen LogP contribution is 2.22. The molecule has 5 heteroatoms. The van der Waals surface area contributed by atoms with Crippen molar-refractivity contribution in [2.75, 3.05) is 13.6 Å². The van der Waals surface area contributed by atoms with Crippen molar-refractivity contribution in [3.05, 3.63) is 47.0 Å². The fraction of sp³-hybridized carbons (Fsp3) is 0.375. The number of benzene rings is 1. The van der Waals surface area contributed by atoms with Crippen molar-refractivity contribution in [3.63, 3.8) is 0 Å². The molecule has 0 saturated heterocycles. The standard InChI is InChI=1S/C16H17N3O2/c1-10-3-4-13-11(7-10)17-15(20-13)8-16-18-12-9-19(2)6-5-14(12)21-16/h3-4,7H,5-6,8-9H2,1-2H3. The lowest BCUT2D eigenvalue weighted by atomic mass is 10.2. The molecule has 21 heavy (non-hydrogen) atoms. The van der Waals surface area contributed by atoms with Gasteiger partial charge in [0.2, 0.25) is 11.8 Å². The van der Waals surface area contributed by atoms with E-state index < -0.39 is 0 Å². The number of likely N-dealkylation sites (N-methyl/N-ethyl adjacent to an activating group) is 1. The van der Waals surface area contributed by atoms with Crippen molar-refractivity contribution >= 4 is 11.1 Å². The Balaban J connectivity index is 1.62. The summed E-state index contributed by atoms with van der Waals surface area (Å²) in [5.41, 5.74) is 3.93. The summed E-state index contributed by atoms with van der Waals surface area (Å²) in [6.45, 7) is 3.92. The van der Waals surface area contributed by atoms with E-state index in [-0.39, 0.29) is 0 Å². The van der Waals surface area contributed by atoms with Crippen molar-refractivity contribution in [1.29, 1.82) is 0 Å². The first-order valence-electron chi connectivity index (χ1n) is 7.19. The summed E-state index contributed by atoms with van der Waals surface area (Å²) < 4.78 is 11.6. The van der Waals surface area contributed by atoms with Crippen LogP contribution in [-0.2, 0) is 19.4 Å². The molecule has 2 aromatic heterocycles. The van der Waals surface area contributed by atoms with E-state index in [1.807, 2.05) is 25.1 Å². The van der Waals surface area contributed by atoms with Gasteiger partial charge in [-0.2, -0.15) is 0 Å². The van der Waals surface area contributed by atoms with Crippen LogP contribution in [-0.4, -0.2) is 28.5 Å². The van der Waals surface area contributed by atoms with Crippen molar-refractivity contribution < 1.29 is 8.83 Å². The van der Waals surface area contributed by atoms with Gasteiger partial charge in [0.25, 0.3) is 0 Å². The van der Waals surface area contributed by atoms with Crippen molar-refractivity contribution in [3.8, 4) is 0 Å². The van der Waals surface area contributed by atoms with Crippen LogP contribution in [0.5, 0.6) is 0 Å².